The number of anilines is 1. The number of nitrogen functional groups attached to an aromatic ring is 1. The monoisotopic (exact) mass is 413 g/mol. The van der Waals surface area contributed by atoms with Gasteiger partial charge in [-0.25, -0.2) is 9.97 Å². The van der Waals surface area contributed by atoms with Crippen molar-refractivity contribution in [3.63, 3.8) is 0 Å². The number of hydrogen-bond donors (Lipinski definition) is 2. The first-order chi connectivity index (χ1) is 13.0. The van der Waals surface area contributed by atoms with Crippen molar-refractivity contribution < 1.29 is 28.3 Å². The van der Waals surface area contributed by atoms with E-state index in [4.69, 9.17) is 19.7 Å². The normalized spacial score (nSPS) is 18.0. The van der Waals surface area contributed by atoms with Crippen LogP contribution in [0.3, 0.4) is 0 Å². The van der Waals surface area contributed by atoms with Crippen molar-refractivity contribution in [1.29, 1.82) is 0 Å². The first-order valence-corrected chi connectivity index (χ1v) is 10.5. The van der Waals surface area contributed by atoms with Crippen LogP contribution >= 0.6 is 7.60 Å². The summed E-state index contributed by atoms with van der Waals surface area (Å²) < 4.78 is 29.3. The number of ether oxygens (including phenoxy) is 2. The molecule has 1 saturated carbocycles. The quantitative estimate of drug-likeness (QED) is 0.371. The number of nitrogens with two attached hydrogens (primary N) is 1. The maximum absolute atomic E-state index is 12.1. The van der Waals surface area contributed by atoms with Crippen LogP contribution in [0.15, 0.2) is 12.5 Å². The van der Waals surface area contributed by atoms with E-state index in [1.165, 1.54) is 6.20 Å². The number of aromatic nitrogens is 4. The molecule has 1 atom stereocenters. The average molecular weight is 413 g/mol. The molecule has 0 radical (unpaired) electrons. The highest BCUT2D eigenvalue weighted by Gasteiger charge is 2.46. The largest absolute Gasteiger partial charge is 0.438 e. The highest BCUT2D eigenvalue weighted by Crippen LogP contribution is 2.48. The fourth-order valence-corrected chi connectivity index (χ4v) is 3.15. The van der Waals surface area contributed by atoms with E-state index in [-0.39, 0.29) is 5.95 Å². The molecule has 0 aromatic carbocycles. The minimum atomic E-state index is -4.07. The third-order valence-corrected chi connectivity index (χ3v) is 5.20. The maximum atomic E-state index is 12.1. The first-order valence-electron chi connectivity index (χ1n) is 8.71. The van der Waals surface area contributed by atoms with Gasteiger partial charge in [0.2, 0.25) is 12.7 Å². The lowest BCUT2D eigenvalue weighted by atomic mass is 9.98. The van der Waals surface area contributed by atoms with E-state index in [2.05, 4.69) is 15.0 Å². The summed E-state index contributed by atoms with van der Waals surface area (Å²) in [5.74, 6) is -0.390. The number of nitrogens with zero attached hydrogens (tertiary/aromatic N) is 4. The smallest absolute Gasteiger partial charge is 0.356 e. The van der Waals surface area contributed by atoms with Gasteiger partial charge in [-0.15, -0.1) is 0 Å². The lowest BCUT2D eigenvalue weighted by Crippen LogP contribution is -2.24. The standard InChI is InChI=1S/C16H24N5O6P/c1-15(2,3)13(22)25-9-27-28(23,24)10-26-16(4-5-16)7-21-8-19-11-6-18-14(17)20-12(11)21/h6,8H,4-5,7,9-10H2,1-3H3,(H,23,24)(H2,17,18,20). The molecule has 1 fully saturated rings. The fraction of sp³-hybridized carbons (Fsp3) is 0.625. The molecule has 1 aliphatic rings. The number of carbonyl (C=O) groups excluding carboxylic acids is 1. The minimum absolute atomic E-state index is 0.137. The minimum Gasteiger partial charge on any atom is -0.438 e. The summed E-state index contributed by atoms with van der Waals surface area (Å²) in [7, 11) is -4.07. The maximum Gasteiger partial charge on any atom is 0.356 e. The predicted molar refractivity (Wildman–Crippen MR) is 99.0 cm³/mol. The molecule has 0 spiro atoms. The molecular formula is C16H24N5O6P. The lowest BCUT2D eigenvalue weighted by molar-refractivity contribution is -0.160. The Morgan fingerprint density at radius 2 is 2.11 bits per heavy atom. The molecule has 0 saturated heterocycles. The van der Waals surface area contributed by atoms with Crippen LogP contribution in [0.25, 0.3) is 11.2 Å². The molecule has 11 nitrogen and oxygen atoms in total. The first kappa shape index (κ1) is 20.7. The molecule has 12 heteroatoms. The second-order valence-electron chi connectivity index (χ2n) is 7.83. The lowest BCUT2D eigenvalue weighted by Gasteiger charge is -2.21. The molecule has 2 aromatic heterocycles. The Labute approximate surface area is 161 Å². The average Bonchev–Trinajstić information content (AvgIpc) is 3.26. The summed E-state index contributed by atoms with van der Waals surface area (Å²) >= 11 is 0. The van der Waals surface area contributed by atoms with Crippen LogP contribution < -0.4 is 5.73 Å². The Morgan fingerprint density at radius 1 is 1.39 bits per heavy atom. The van der Waals surface area contributed by atoms with E-state index in [1.807, 2.05) is 0 Å². The molecule has 1 aliphatic carbocycles. The summed E-state index contributed by atoms with van der Waals surface area (Å²) in [4.78, 5) is 33.8. The number of imidazole rings is 1. The molecular weight excluding hydrogens is 389 g/mol. The third-order valence-electron chi connectivity index (χ3n) is 4.23. The molecule has 3 rings (SSSR count). The van der Waals surface area contributed by atoms with Crippen LogP contribution in [0, 0.1) is 5.41 Å². The van der Waals surface area contributed by atoms with Crippen LogP contribution in [-0.2, 0) is 29.9 Å². The van der Waals surface area contributed by atoms with Gasteiger partial charge in [0.15, 0.2) is 5.65 Å². The zero-order chi connectivity index (χ0) is 20.6. The van der Waals surface area contributed by atoms with Crippen LogP contribution in [0.4, 0.5) is 5.95 Å². The molecule has 1 unspecified atom stereocenters. The second-order valence-corrected chi connectivity index (χ2v) is 9.62. The van der Waals surface area contributed by atoms with Gasteiger partial charge in [-0.2, -0.15) is 4.98 Å². The molecule has 2 aromatic rings. The zero-order valence-corrected chi connectivity index (χ0v) is 16.9. The van der Waals surface area contributed by atoms with Crippen molar-refractivity contribution in [3.8, 4) is 0 Å². The van der Waals surface area contributed by atoms with E-state index < -0.39 is 37.7 Å². The van der Waals surface area contributed by atoms with E-state index >= 15 is 0 Å². The summed E-state index contributed by atoms with van der Waals surface area (Å²) in [5.41, 5.74) is 5.47. The van der Waals surface area contributed by atoms with Gasteiger partial charge in [0, 0.05) is 0 Å². The van der Waals surface area contributed by atoms with E-state index in [0.717, 1.165) is 0 Å². The topological polar surface area (TPSA) is 152 Å². The Kier molecular flexibility index (Phi) is 5.46. The highest BCUT2D eigenvalue weighted by molar-refractivity contribution is 7.52. The van der Waals surface area contributed by atoms with Gasteiger partial charge in [-0.3, -0.25) is 13.9 Å². The number of carbonyl (C=O) groups is 1. The van der Waals surface area contributed by atoms with Gasteiger partial charge in [0.1, 0.15) is 11.9 Å². The highest BCUT2D eigenvalue weighted by atomic mass is 31.2. The SMILES string of the molecule is CC(C)(C)C(=O)OCOP(=O)(O)COC1(Cn2cnc3cnc(N)nc32)CC1. The number of esters is 1. The van der Waals surface area contributed by atoms with Crippen molar-refractivity contribution in [2.24, 2.45) is 5.41 Å². The van der Waals surface area contributed by atoms with Crippen LogP contribution in [-0.4, -0.2) is 49.1 Å². The van der Waals surface area contributed by atoms with Gasteiger partial charge in [0.25, 0.3) is 0 Å². The van der Waals surface area contributed by atoms with E-state index in [0.29, 0.717) is 30.6 Å². The van der Waals surface area contributed by atoms with Crippen LogP contribution in [0.2, 0.25) is 0 Å². The van der Waals surface area contributed by atoms with Crippen molar-refractivity contribution in [2.45, 2.75) is 45.8 Å². The molecule has 0 amide bonds. The fourth-order valence-electron chi connectivity index (χ4n) is 2.42. The van der Waals surface area contributed by atoms with E-state index in [1.54, 1.807) is 31.7 Å². The van der Waals surface area contributed by atoms with Crippen LogP contribution in [0.5, 0.6) is 0 Å². The molecule has 2 heterocycles. The molecule has 0 aliphatic heterocycles. The van der Waals surface area contributed by atoms with Gasteiger partial charge >= 0.3 is 13.6 Å². The molecule has 3 N–H and O–H groups in total. The Morgan fingerprint density at radius 3 is 2.75 bits per heavy atom. The van der Waals surface area contributed by atoms with Crippen molar-refractivity contribution in [3.05, 3.63) is 12.5 Å². The molecule has 154 valence electrons. The summed E-state index contributed by atoms with van der Waals surface area (Å²) in [6.45, 7) is 4.81. The zero-order valence-electron chi connectivity index (χ0n) is 16.0. The predicted octanol–water partition coefficient (Wildman–Crippen LogP) is 1.66. The molecule has 0 bridgehead atoms. The summed E-state index contributed by atoms with van der Waals surface area (Å²) in [6, 6.07) is 0. The molecule has 28 heavy (non-hydrogen) atoms. The van der Waals surface area contributed by atoms with Crippen molar-refractivity contribution in [2.75, 3.05) is 18.9 Å². The van der Waals surface area contributed by atoms with Crippen molar-refractivity contribution >= 4 is 30.7 Å². The van der Waals surface area contributed by atoms with Crippen LogP contribution in [0.1, 0.15) is 33.6 Å². The summed E-state index contributed by atoms with van der Waals surface area (Å²) in [6.07, 6.45) is 4.05. The van der Waals surface area contributed by atoms with Gasteiger partial charge in [-0.05, 0) is 33.6 Å². The Balaban J connectivity index is 1.54. The van der Waals surface area contributed by atoms with E-state index in [9.17, 15) is 14.3 Å². The summed E-state index contributed by atoms with van der Waals surface area (Å²) in [5, 5.41) is 0. The Hall–Kier alpha value is -2.07. The van der Waals surface area contributed by atoms with Gasteiger partial charge in [0.05, 0.1) is 30.1 Å². The van der Waals surface area contributed by atoms with Gasteiger partial charge in [-0.1, -0.05) is 0 Å². The number of fused-ring (bicyclic) bond motifs is 1. The third kappa shape index (κ3) is 5.05. The second kappa shape index (κ2) is 7.40. The number of hydrogen-bond acceptors (Lipinski definition) is 9. The Bertz CT molecular complexity index is 920. The number of rotatable bonds is 8. The van der Waals surface area contributed by atoms with Gasteiger partial charge < -0.3 is 24.7 Å². The van der Waals surface area contributed by atoms with Crippen molar-refractivity contribution in [1.82, 2.24) is 19.5 Å².